The van der Waals surface area contributed by atoms with Crippen LogP contribution < -0.4 is 10.0 Å². The summed E-state index contributed by atoms with van der Waals surface area (Å²) in [6, 6.07) is 9.24. The van der Waals surface area contributed by atoms with Gasteiger partial charge in [0.05, 0.1) is 10.1 Å². The Morgan fingerprint density at radius 2 is 1.77 bits per heavy atom. The van der Waals surface area contributed by atoms with Gasteiger partial charge in [0.1, 0.15) is 0 Å². The SMILES string of the molecule is CCC(Sc1ncccn1)C(=O)Nc1ccc(S(=O)(=O)Nc2nccc(C)n2)cc1. The quantitative estimate of drug-likeness (QED) is 0.401. The number of benzene rings is 1. The fourth-order valence-electron chi connectivity index (χ4n) is 2.41. The molecule has 2 heterocycles. The Labute approximate surface area is 178 Å². The fourth-order valence-corrected chi connectivity index (χ4v) is 4.19. The lowest BCUT2D eigenvalue weighted by atomic mass is 10.3. The van der Waals surface area contributed by atoms with Gasteiger partial charge in [0.25, 0.3) is 10.0 Å². The van der Waals surface area contributed by atoms with Crippen molar-refractivity contribution >= 4 is 39.3 Å². The van der Waals surface area contributed by atoms with Crippen molar-refractivity contribution in [2.45, 2.75) is 35.6 Å². The molecule has 30 heavy (non-hydrogen) atoms. The number of rotatable bonds is 8. The molecular weight excluding hydrogens is 424 g/mol. The smallest absolute Gasteiger partial charge is 0.264 e. The summed E-state index contributed by atoms with van der Waals surface area (Å²) in [4.78, 5) is 28.8. The second-order valence-corrected chi connectivity index (χ2v) is 9.04. The highest BCUT2D eigenvalue weighted by molar-refractivity contribution is 8.00. The lowest BCUT2D eigenvalue weighted by Crippen LogP contribution is -2.24. The van der Waals surface area contributed by atoms with Crippen LogP contribution in [0.3, 0.4) is 0 Å². The van der Waals surface area contributed by atoms with Crippen LogP contribution in [0.1, 0.15) is 19.0 Å². The first-order chi connectivity index (χ1) is 14.4. The summed E-state index contributed by atoms with van der Waals surface area (Å²) in [5.41, 5.74) is 1.13. The van der Waals surface area contributed by atoms with E-state index in [-0.39, 0.29) is 22.0 Å². The topological polar surface area (TPSA) is 127 Å². The fraction of sp³-hybridized carbons (Fsp3) is 0.211. The number of hydrogen-bond acceptors (Lipinski definition) is 8. The molecule has 156 valence electrons. The minimum atomic E-state index is -3.85. The molecule has 3 rings (SSSR count). The third kappa shape index (κ3) is 5.74. The Morgan fingerprint density at radius 3 is 2.40 bits per heavy atom. The van der Waals surface area contributed by atoms with Crippen molar-refractivity contribution in [2.24, 2.45) is 0 Å². The second kappa shape index (κ2) is 9.63. The van der Waals surface area contributed by atoms with Gasteiger partial charge in [-0.3, -0.25) is 4.79 Å². The normalized spacial score (nSPS) is 12.2. The van der Waals surface area contributed by atoms with Crippen LogP contribution in [0.4, 0.5) is 11.6 Å². The lowest BCUT2D eigenvalue weighted by Gasteiger charge is -2.14. The number of aryl methyl sites for hydroxylation is 1. The largest absolute Gasteiger partial charge is 0.325 e. The van der Waals surface area contributed by atoms with E-state index in [1.807, 2.05) is 6.92 Å². The number of nitrogens with zero attached hydrogens (tertiary/aromatic N) is 4. The molecule has 0 bridgehead atoms. The van der Waals surface area contributed by atoms with E-state index >= 15 is 0 Å². The van der Waals surface area contributed by atoms with E-state index in [0.717, 1.165) is 0 Å². The molecule has 0 aliphatic heterocycles. The molecule has 1 amide bonds. The zero-order chi connectivity index (χ0) is 21.6. The Balaban J connectivity index is 1.66. The van der Waals surface area contributed by atoms with Crippen LogP contribution >= 0.6 is 11.8 Å². The van der Waals surface area contributed by atoms with Gasteiger partial charge < -0.3 is 5.32 Å². The third-order valence-corrected chi connectivity index (χ3v) is 6.50. The number of nitrogens with one attached hydrogen (secondary N) is 2. The van der Waals surface area contributed by atoms with Crippen LogP contribution in [-0.2, 0) is 14.8 Å². The lowest BCUT2D eigenvalue weighted by molar-refractivity contribution is -0.115. The average Bonchev–Trinajstić information content (AvgIpc) is 2.73. The molecule has 0 saturated heterocycles. The highest BCUT2D eigenvalue weighted by atomic mass is 32.2. The van der Waals surface area contributed by atoms with Gasteiger partial charge in [-0.05, 0) is 49.7 Å². The molecule has 0 aliphatic rings. The van der Waals surface area contributed by atoms with Gasteiger partial charge in [-0.2, -0.15) is 0 Å². The van der Waals surface area contributed by atoms with Crippen molar-refractivity contribution in [3.8, 4) is 0 Å². The maximum Gasteiger partial charge on any atom is 0.264 e. The average molecular weight is 445 g/mol. The maximum atomic E-state index is 12.6. The standard InChI is InChI=1S/C19H20N6O3S2/c1-3-16(29-19-21-10-4-11-22-19)17(26)24-14-5-7-15(8-6-14)30(27,28)25-18-20-12-9-13(2)23-18/h4-12,16H,3H2,1-2H3,(H,24,26)(H,20,23,25). The Bertz CT molecular complexity index is 1110. The van der Waals surface area contributed by atoms with Gasteiger partial charge >= 0.3 is 0 Å². The zero-order valence-corrected chi connectivity index (χ0v) is 17.9. The summed E-state index contributed by atoms with van der Waals surface area (Å²) in [5.74, 6) is -0.213. The summed E-state index contributed by atoms with van der Waals surface area (Å²) >= 11 is 1.27. The van der Waals surface area contributed by atoms with Crippen LogP contribution in [0.5, 0.6) is 0 Å². The first kappa shape index (κ1) is 21.7. The number of carbonyl (C=O) groups is 1. The minimum absolute atomic E-state index is 0.00155. The molecule has 2 N–H and O–H groups in total. The summed E-state index contributed by atoms with van der Waals surface area (Å²) in [6.45, 7) is 3.64. The van der Waals surface area contributed by atoms with Gasteiger partial charge in [-0.25, -0.2) is 33.1 Å². The van der Waals surface area contributed by atoms with Gasteiger partial charge in [-0.1, -0.05) is 18.7 Å². The summed E-state index contributed by atoms with van der Waals surface area (Å²) in [6.07, 6.45) is 5.30. The van der Waals surface area contributed by atoms with Gasteiger partial charge in [-0.15, -0.1) is 0 Å². The Kier molecular flexibility index (Phi) is 6.95. The molecule has 0 radical (unpaired) electrons. The Morgan fingerprint density at radius 1 is 1.07 bits per heavy atom. The van der Waals surface area contributed by atoms with Gasteiger partial charge in [0, 0.05) is 30.0 Å². The highest BCUT2D eigenvalue weighted by Gasteiger charge is 2.20. The molecule has 1 atom stereocenters. The van der Waals surface area contributed by atoms with Crippen molar-refractivity contribution in [1.29, 1.82) is 0 Å². The molecule has 0 spiro atoms. The molecule has 0 saturated carbocycles. The van der Waals surface area contributed by atoms with E-state index in [0.29, 0.717) is 23.0 Å². The van der Waals surface area contributed by atoms with Crippen molar-refractivity contribution in [2.75, 3.05) is 10.0 Å². The number of anilines is 2. The van der Waals surface area contributed by atoms with Crippen LogP contribution in [0.2, 0.25) is 0 Å². The van der Waals surface area contributed by atoms with E-state index in [1.165, 1.54) is 42.2 Å². The van der Waals surface area contributed by atoms with Gasteiger partial charge in [0.15, 0.2) is 5.16 Å². The van der Waals surface area contributed by atoms with Crippen LogP contribution in [0.25, 0.3) is 0 Å². The van der Waals surface area contributed by atoms with Crippen molar-refractivity contribution in [3.05, 3.63) is 60.7 Å². The molecule has 2 aromatic heterocycles. The van der Waals surface area contributed by atoms with Crippen molar-refractivity contribution < 1.29 is 13.2 Å². The van der Waals surface area contributed by atoms with E-state index in [4.69, 9.17) is 0 Å². The summed E-state index contributed by atoms with van der Waals surface area (Å²) < 4.78 is 27.4. The van der Waals surface area contributed by atoms with Gasteiger partial charge in [0.2, 0.25) is 11.9 Å². The molecule has 0 aliphatic carbocycles. The molecule has 9 nitrogen and oxygen atoms in total. The maximum absolute atomic E-state index is 12.6. The number of hydrogen-bond donors (Lipinski definition) is 2. The summed E-state index contributed by atoms with van der Waals surface area (Å²) in [5, 5.41) is 2.93. The van der Waals surface area contributed by atoms with Crippen molar-refractivity contribution in [3.63, 3.8) is 0 Å². The minimum Gasteiger partial charge on any atom is -0.325 e. The highest BCUT2D eigenvalue weighted by Crippen LogP contribution is 2.23. The predicted octanol–water partition coefficient (Wildman–Crippen LogP) is 2.89. The molecule has 0 fully saturated rings. The number of sulfonamides is 1. The monoisotopic (exact) mass is 444 g/mol. The van der Waals surface area contributed by atoms with Crippen LogP contribution in [0.15, 0.2) is 65.0 Å². The molecule has 1 unspecified atom stereocenters. The molecular formula is C19H20N6O3S2. The van der Waals surface area contributed by atoms with Crippen molar-refractivity contribution in [1.82, 2.24) is 19.9 Å². The number of thioether (sulfide) groups is 1. The second-order valence-electron chi connectivity index (χ2n) is 6.19. The summed E-state index contributed by atoms with van der Waals surface area (Å²) in [7, 11) is -3.85. The molecule has 11 heteroatoms. The first-order valence-corrected chi connectivity index (χ1v) is 11.4. The number of aromatic nitrogens is 4. The van der Waals surface area contributed by atoms with E-state index < -0.39 is 10.0 Å². The predicted molar refractivity (Wildman–Crippen MR) is 115 cm³/mol. The number of amides is 1. The Hall–Kier alpha value is -3.05. The third-order valence-electron chi connectivity index (χ3n) is 3.91. The zero-order valence-electron chi connectivity index (χ0n) is 16.3. The molecule has 1 aromatic carbocycles. The number of carbonyl (C=O) groups excluding carboxylic acids is 1. The van der Waals surface area contributed by atoms with Crippen LogP contribution in [-0.4, -0.2) is 39.5 Å². The molecule has 3 aromatic rings. The van der Waals surface area contributed by atoms with E-state index in [2.05, 4.69) is 30.0 Å². The van der Waals surface area contributed by atoms with Crippen LogP contribution in [0, 0.1) is 6.92 Å². The van der Waals surface area contributed by atoms with E-state index in [1.54, 1.807) is 31.5 Å². The first-order valence-electron chi connectivity index (χ1n) is 9.04. The van der Waals surface area contributed by atoms with E-state index in [9.17, 15) is 13.2 Å².